The van der Waals surface area contributed by atoms with Crippen molar-refractivity contribution in [3.05, 3.63) is 57.7 Å². The summed E-state index contributed by atoms with van der Waals surface area (Å²) < 4.78 is 13.0. The van der Waals surface area contributed by atoms with Gasteiger partial charge in [-0.2, -0.15) is 9.78 Å². The molecule has 1 aromatic carbocycles. The molecular weight excluding hydrogens is 395 g/mol. The van der Waals surface area contributed by atoms with Gasteiger partial charge in [-0.1, -0.05) is 48.0 Å². The summed E-state index contributed by atoms with van der Waals surface area (Å²) in [7, 11) is 0. The van der Waals surface area contributed by atoms with E-state index in [-0.39, 0.29) is 6.61 Å². The van der Waals surface area contributed by atoms with E-state index in [0.29, 0.717) is 33.1 Å². The van der Waals surface area contributed by atoms with Crippen molar-refractivity contribution in [1.29, 1.82) is 0 Å². The van der Waals surface area contributed by atoms with Crippen molar-refractivity contribution in [2.75, 3.05) is 5.75 Å². The number of hydrogen-bond acceptors (Lipinski definition) is 6. The first kappa shape index (κ1) is 18.8. The first-order chi connectivity index (χ1) is 12.6. The van der Waals surface area contributed by atoms with Gasteiger partial charge in [0, 0.05) is 0 Å². The Morgan fingerprint density at radius 1 is 1.23 bits per heavy atom. The van der Waals surface area contributed by atoms with Gasteiger partial charge in [0.2, 0.25) is 5.16 Å². The van der Waals surface area contributed by atoms with Gasteiger partial charge in [0.15, 0.2) is 11.6 Å². The zero-order valence-electron chi connectivity index (χ0n) is 14.1. The lowest BCUT2D eigenvalue weighted by atomic mass is 10.3. The predicted molar refractivity (Wildman–Crippen MR) is 104 cm³/mol. The van der Waals surface area contributed by atoms with Crippen LogP contribution in [0, 0.1) is 6.92 Å². The number of furan rings is 1. The van der Waals surface area contributed by atoms with Crippen molar-refractivity contribution >= 4 is 41.2 Å². The number of aromatic nitrogens is 3. The number of hydrogen-bond donors (Lipinski definition) is 0. The molecular formula is C17H16Cl2N4O2S. The molecule has 136 valence electrons. The van der Waals surface area contributed by atoms with Crippen molar-refractivity contribution in [1.82, 2.24) is 14.9 Å². The molecule has 0 aliphatic rings. The fourth-order valence-electron chi connectivity index (χ4n) is 2.11. The fourth-order valence-corrected chi connectivity index (χ4v) is 3.27. The molecule has 26 heavy (non-hydrogen) atoms. The van der Waals surface area contributed by atoms with Crippen LogP contribution in [0.5, 0.6) is 5.75 Å². The highest BCUT2D eigenvalue weighted by atomic mass is 35.5. The van der Waals surface area contributed by atoms with Crippen LogP contribution in [0.3, 0.4) is 0 Å². The molecule has 0 aliphatic heterocycles. The fraction of sp³-hybridized carbons (Fsp3) is 0.235. The van der Waals surface area contributed by atoms with E-state index in [1.54, 1.807) is 40.9 Å². The molecule has 0 aliphatic carbocycles. The van der Waals surface area contributed by atoms with E-state index in [2.05, 4.69) is 15.3 Å². The first-order valence-corrected chi connectivity index (χ1v) is 9.57. The molecule has 0 radical (unpaired) electrons. The summed E-state index contributed by atoms with van der Waals surface area (Å²) in [5.41, 5.74) is 0. The summed E-state index contributed by atoms with van der Waals surface area (Å²) in [4.78, 5) is 0. The largest absolute Gasteiger partial charge is 0.483 e. The maximum Gasteiger partial charge on any atom is 0.212 e. The number of halogens is 2. The van der Waals surface area contributed by atoms with Crippen LogP contribution in [-0.4, -0.2) is 26.8 Å². The average Bonchev–Trinajstić information content (AvgIpc) is 3.20. The molecule has 0 saturated carbocycles. The Bertz CT molecular complexity index is 903. The van der Waals surface area contributed by atoms with E-state index in [0.717, 1.165) is 10.9 Å². The molecule has 3 aromatic rings. The molecule has 9 heteroatoms. The van der Waals surface area contributed by atoms with Crippen LogP contribution in [0.4, 0.5) is 0 Å². The molecule has 0 bridgehead atoms. The second kappa shape index (κ2) is 8.62. The SMILES string of the molecule is CCSc1nnc(C)n1N=Cc1ccc(COc2c(Cl)cccc2Cl)o1. The van der Waals surface area contributed by atoms with Crippen LogP contribution >= 0.6 is 35.0 Å². The Hall–Kier alpha value is -1.96. The number of benzene rings is 1. The second-order valence-electron chi connectivity index (χ2n) is 5.16. The molecule has 2 heterocycles. The lowest BCUT2D eigenvalue weighted by Gasteiger charge is -2.07. The summed E-state index contributed by atoms with van der Waals surface area (Å²) in [6, 6.07) is 8.82. The Balaban J connectivity index is 1.68. The minimum absolute atomic E-state index is 0.208. The maximum absolute atomic E-state index is 6.09. The number of ether oxygens (including phenoxy) is 1. The topological polar surface area (TPSA) is 65.4 Å². The highest BCUT2D eigenvalue weighted by molar-refractivity contribution is 7.99. The van der Waals surface area contributed by atoms with Crippen LogP contribution < -0.4 is 4.74 Å². The van der Waals surface area contributed by atoms with E-state index >= 15 is 0 Å². The zero-order chi connectivity index (χ0) is 18.5. The van der Waals surface area contributed by atoms with Crippen molar-refractivity contribution in [3.63, 3.8) is 0 Å². The van der Waals surface area contributed by atoms with E-state index < -0.39 is 0 Å². The van der Waals surface area contributed by atoms with Crippen LogP contribution in [0.25, 0.3) is 0 Å². The Labute approximate surface area is 165 Å². The van der Waals surface area contributed by atoms with Crippen molar-refractivity contribution < 1.29 is 9.15 Å². The van der Waals surface area contributed by atoms with Gasteiger partial charge in [-0.3, -0.25) is 0 Å². The van der Waals surface area contributed by atoms with Crippen LogP contribution in [0.15, 0.2) is 45.0 Å². The highest BCUT2D eigenvalue weighted by Crippen LogP contribution is 2.33. The van der Waals surface area contributed by atoms with Crippen molar-refractivity contribution in [2.45, 2.75) is 25.6 Å². The molecule has 2 aromatic heterocycles. The standard InChI is InChI=1S/C17H16Cl2N4O2S/c1-3-26-17-22-21-11(2)23(17)20-9-12-7-8-13(25-12)10-24-16-14(18)5-4-6-15(16)19/h4-9H,3,10H2,1-2H3. The highest BCUT2D eigenvalue weighted by Gasteiger charge is 2.10. The maximum atomic E-state index is 6.09. The van der Waals surface area contributed by atoms with Gasteiger partial charge < -0.3 is 9.15 Å². The van der Waals surface area contributed by atoms with Crippen molar-refractivity contribution in [2.24, 2.45) is 5.10 Å². The Morgan fingerprint density at radius 2 is 2.00 bits per heavy atom. The van der Waals surface area contributed by atoms with Gasteiger partial charge in [0.25, 0.3) is 0 Å². The summed E-state index contributed by atoms with van der Waals surface area (Å²) in [5.74, 6) is 3.26. The summed E-state index contributed by atoms with van der Waals surface area (Å²) in [6.45, 7) is 4.10. The van der Waals surface area contributed by atoms with Gasteiger partial charge in [-0.15, -0.1) is 10.2 Å². The Morgan fingerprint density at radius 3 is 2.73 bits per heavy atom. The number of thioether (sulfide) groups is 1. The van der Waals surface area contributed by atoms with E-state index in [1.807, 2.05) is 26.0 Å². The van der Waals surface area contributed by atoms with Crippen molar-refractivity contribution in [3.8, 4) is 5.75 Å². The minimum Gasteiger partial charge on any atom is -0.483 e. The molecule has 0 saturated heterocycles. The molecule has 0 atom stereocenters. The average molecular weight is 411 g/mol. The molecule has 3 rings (SSSR count). The summed E-state index contributed by atoms with van der Waals surface area (Å²) in [6.07, 6.45) is 1.61. The zero-order valence-corrected chi connectivity index (χ0v) is 16.5. The monoisotopic (exact) mass is 410 g/mol. The van der Waals surface area contributed by atoms with E-state index in [9.17, 15) is 0 Å². The first-order valence-electron chi connectivity index (χ1n) is 7.83. The number of para-hydroxylation sites is 1. The molecule has 0 fully saturated rings. The van der Waals surface area contributed by atoms with Gasteiger partial charge in [0.05, 0.1) is 16.3 Å². The third-order valence-electron chi connectivity index (χ3n) is 3.30. The van der Waals surface area contributed by atoms with Gasteiger partial charge in [0.1, 0.15) is 18.1 Å². The van der Waals surface area contributed by atoms with Crippen LogP contribution in [-0.2, 0) is 6.61 Å². The van der Waals surface area contributed by atoms with E-state index in [1.165, 1.54) is 0 Å². The smallest absolute Gasteiger partial charge is 0.212 e. The summed E-state index contributed by atoms with van der Waals surface area (Å²) in [5, 5.41) is 14.2. The van der Waals surface area contributed by atoms with E-state index in [4.69, 9.17) is 32.4 Å². The van der Waals surface area contributed by atoms with Gasteiger partial charge >= 0.3 is 0 Å². The number of rotatable bonds is 7. The number of aryl methyl sites for hydroxylation is 1. The molecule has 6 nitrogen and oxygen atoms in total. The van der Waals surface area contributed by atoms with Gasteiger partial charge in [-0.05, 0) is 36.9 Å². The Kier molecular flexibility index (Phi) is 6.24. The molecule has 0 amide bonds. The lowest BCUT2D eigenvalue weighted by molar-refractivity contribution is 0.270. The predicted octanol–water partition coefficient (Wildman–Crippen LogP) is 5.06. The lowest BCUT2D eigenvalue weighted by Crippen LogP contribution is -1.96. The van der Waals surface area contributed by atoms with Gasteiger partial charge in [-0.25, -0.2) is 0 Å². The molecule has 0 unspecified atom stereocenters. The quantitative estimate of drug-likeness (QED) is 0.402. The normalized spacial score (nSPS) is 11.4. The van der Waals surface area contributed by atoms with Crippen LogP contribution in [0.2, 0.25) is 10.0 Å². The molecule has 0 N–H and O–H groups in total. The number of nitrogens with zero attached hydrogens (tertiary/aromatic N) is 4. The summed E-state index contributed by atoms with van der Waals surface area (Å²) >= 11 is 13.7. The molecule has 0 spiro atoms. The third-order valence-corrected chi connectivity index (χ3v) is 4.70. The third kappa shape index (κ3) is 4.41. The minimum atomic E-state index is 0.208. The second-order valence-corrected chi connectivity index (χ2v) is 7.21. The van der Waals surface area contributed by atoms with Crippen LogP contribution in [0.1, 0.15) is 24.3 Å².